The van der Waals surface area contributed by atoms with E-state index >= 15 is 0 Å². The van der Waals surface area contributed by atoms with Crippen LogP contribution < -0.4 is 4.90 Å². The Labute approximate surface area is 148 Å². The summed E-state index contributed by atoms with van der Waals surface area (Å²) in [6.45, 7) is 7.75. The molecule has 0 bridgehead atoms. The molecule has 0 aromatic carbocycles. The quantitative estimate of drug-likeness (QED) is 0.854. The number of amides is 1. The van der Waals surface area contributed by atoms with Gasteiger partial charge in [-0.25, -0.2) is 0 Å². The molecule has 0 saturated carbocycles. The van der Waals surface area contributed by atoms with Crippen LogP contribution in [0.4, 0.5) is 5.82 Å². The van der Waals surface area contributed by atoms with E-state index in [-0.39, 0.29) is 11.8 Å². The first-order valence-electron chi connectivity index (χ1n) is 9.39. The maximum absolute atomic E-state index is 12.7. The zero-order valence-corrected chi connectivity index (χ0v) is 15.1. The molecule has 134 valence electrons. The van der Waals surface area contributed by atoms with Crippen LogP contribution in [0.5, 0.6) is 0 Å². The highest BCUT2D eigenvalue weighted by atomic mass is 16.2. The van der Waals surface area contributed by atoms with Gasteiger partial charge in [0.15, 0.2) is 11.5 Å². The molecular weight excluding hydrogens is 316 g/mol. The molecule has 0 N–H and O–H groups in total. The highest BCUT2D eigenvalue weighted by Gasteiger charge is 2.31. The molecule has 2 fully saturated rings. The van der Waals surface area contributed by atoms with Crippen molar-refractivity contribution in [2.45, 2.75) is 45.4 Å². The molecule has 2 aromatic heterocycles. The molecule has 0 unspecified atom stereocenters. The fraction of sp³-hybridized carbons (Fsp3) is 0.667. The van der Waals surface area contributed by atoms with Crippen LogP contribution in [0.3, 0.4) is 0 Å². The number of hydrogen-bond donors (Lipinski definition) is 0. The zero-order chi connectivity index (χ0) is 17.4. The number of anilines is 1. The average Bonchev–Trinajstić information content (AvgIpc) is 3.30. The Morgan fingerprint density at radius 1 is 1.12 bits per heavy atom. The molecule has 7 heteroatoms. The third-order valence-corrected chi connectivity index (χ3v) is 5.30. The Kier molecular flexibility index (Phi) is 4.31. The van der Waals surface area contributed by atoms with Crippen molar-refractivity contribution in [3.63, 3.8) is 0 Å². The van der Waals surface area contributed by atoms with Gasteiger partial charge in [0.05, 0.1) is 5.92 Å². The number of carbonyl (C=O) groups is 1. The van der Waals surface area contributed by atoms with Crippen molar-refractivity contribution in [2.75, 3.05) is 31.1 Å². The highest BCUT2D eigenvalue weighted by Crippen LogP contribution is 2.25. The Morgan fingerprint density at radius 2 is 1.92 bits per heavy atom. The third-order valence-electron chi connectivity index (χ3n) is 5.30. The van der Waals surface area contributed by atoms with Gasteiger partial charge < -0.3 is 9.80 Å². The second-order valence-corrected chi connectivity index (χ2v) is 7.49. The Morgan fingerprint density at radius 3 is 2.68 bits per heavy atom. The molecule has 2 aliphatic heterocycles. The van der Waals surface area contributed by atoms with Crippen LogP contribution in [0.15, 0.2) is 12.1 Å². The van der Waals surface area contributed by atoms with Crippen LogP contribution in [-0.2, 0) is 4.79 Å². The van der Waals surface area contributed by atoms with Gasteiger partial charge >= 0.3 is 0 Å². The molecule has 0 radical (unpaired) electrons. The lowest BCUT2D eigenvalue weighted by molar-refractivity contribution is -0.134. The van der Waals surface area contributed by atoms with Crippen LogP contribution in [0.25, 0.3) is 5.65 Å². The molecule has 25 heavy (non-hydrogen) atoms. The van der Waals surface area contributed by atoms with Crippen molar-refractivity contribution in [1.29, 1.82) is 0 Å². The number of aromatic nitrogens is 4. The minimum Gasteiger partial charge on any atom is -0.354 e. The van der Waals surface area contributed by atoms with Crippen LogP contribution >= 0.6 is 0 Å². The zero-order valence-electron chi connectivity index (χ0n) is 15.1. The van der Waals surface area contributed by atoms with E-state index in [0.717, 1.165) is 69.2 Å². The molecule has 0 spiro atoms. The summed E-state index contributed by atoms with van der Waals surface area (Å²) in [5.74, 6) is 2.47. The SMILES string of the molecule is CC(C)c1nnc2ccc(N3CCC[C@@H](C(=O)N4CCCC4)C3)nn12. The van der Waals surface area contributed by atoms with E-state index < -0.39 is 0 Å². The van der Waals surface area contributed by atoms with Gasteiger partial charge in [-0.1, -0.05) is 13.8 Å². The van der Waals surface area contributed by atoms with Gasteiger partial charge in [-0.05, 0) is 37.8 Å². The minimum atomic E-state index is 0.0924. The van der Waals surface area contributed by atoms with E-state index in [0.29, 0.717) is 5.91 Å². The number of hydrogen-bond acceptors (Lipinski definition) is 5. The van der Waals surface area contributed by atoms with E-state index in [1.54, 1.807) is 0 Å². The van der Waals surface area contributed by atoms with E-state index in [1.165, 1.54) is 0 Å². The summed E-state index contributed by atoms with van der Waals surface area (Å²) in [6.07, 6.45) is 4.30. The van der Waals surface area contributed by atoms with Crippen LogP contribution in [-0.4, -0.2) is 56.8 Å². The topological polar surface area (TPSA) is 66.6 Å². The van der Waals surface area contributed by atoms with Gasteiger partial charge in [0.25, 0.3) is 0 Å². The molecule has 1 atom stereocenters. The maximum atomic E-state index is 12.7. The molecule has 1 amide bonds. The smallest absolute Gasteiger partial charge is 0.227 e. The molecule has 4 heterocycles. The van der Waals surface area contributed by atoms with Crippen LogP contribution in [0.1, 0.15) is 51.3 Å². The summed E-state index contributed by atoms with van der Waals surface area (Å²) in [4.78, 5) is 17.0. The summed E-state index contributed by atoms with van der Waals surface area (Å²) < 4.78 is 1.84. The lowest BCUT2D eigenvalue weighted by atomic mass is 9.96. The van der Waals surface area contributed by atoms with Crippen molar-refractivity contribution in [3.05, 3.63) is 18.0 Å². The number of fused-ring (bicyclic) bond motifs is 1. The lowest BCUT2D eigenvalue weighted by Gasteiger charge is -2.34. The number of likely N-dealkylation sites (tertiary alicyclic amines) is 1. The normalized spacial score (nSPS) is 21.5. The summed E-state index contributed by atoms with van der Waals surface area (Å²) in [7, 11) is 0. The number of rotatable bonds is 3. The first-order chi connectivity index (χ1) is 12.1. The highest BCUT2D eigenvalue weighted by molar-refractivity contribution is 5.80. The third kappa shape index (κ3) is 3.07. The van der Waals surface area contributed by atoms with Crippen molar-refractivity contribution in [3.8, 4) is 0 Å². The van der Waals surface area contributed by atoms with E-state index in [1.807, 2.05) is 21.5 Å². The van der Waals surface area contributed by atoms with Crippen LogP contribution in [0.2, 0.25) is 0 Å². The van der Waals surface area contributed by atoms with Crippen molar-refractivity contribution >= 4 is 17.4 Å². The Hall–Kier alpha value is -2.18. The first kappa shape index (κ1) is 16.3. The summed E-state index contributed by atoms with van der Waals surface area (Å²) in [6, 6.07) is 3.96. The monoisotopic (exact) mass is 342 g/mol. The van der Waals surface area contributed by atoms with Gasteiger partial charge in [-0.3, -0.25) is 4.79 Å². The standard InChI is InChI=1S/C18H26N6O/c1-13(2)17-20-19-15-7-8-16(21-24(15)17)23-11-5-6-14(12-23)18(25)22-9-3-4-10-22/h7-8,13-14H,3-6,9-12H2,1-2H3/t14-/m1/s1. The maximum Gasteiger partial charge on any atom is 0.227 e. The van der Waals surface area contributed by atoms with Gasteiger partial charge in [0.2, 0.25) is 5.91 Å². The predicted molar refractivity (Wildman–Crippen MR) is 95.6 cm³/mol. The number of piperidine rings is 1. The molecule has 7 nitrogen and oxygen atoms in total. The molecule has 4 rings (SSSR count). The summed E-state index contributed by atoms with van der Waals surface area (Å²) in [5.41, 5.74) is 0.772. The Balaban J connectivity index is 1.55. The van der Waals surface area contributed by atoms with Gasteiger partial charge in [-0.15, -0.1) is 15.3 Å². The number of carbonyl (C=O) groups excluding carboxylic acids is 1. The van der Waals surface area contributed by atoms with E-state index in [2.05, 4.69) is 28.9 Å². The molecule has 0 aliphatic carbocycles. The van der Waals surface area contributed by atoms with E-state index in [9.17, 15) is 4.79 Å². The summed E-state index contributed by atoms with van der Waals surface area (Å²) >= 11 is 0. The van der Waals surface area contributed by atoms with Gasteiger partial charge in [0, 0.05) is 32.1 Å². The molecule has 2 aliphatic rings. The second kappa shape index (κ2) is 6.61. The van der Waals surface area contributed by atoms with Gasteiger partial charge in [0.1, 0.15) is 5.82 Å². The summed E-state index contributed by atoms with van der Waals surface area (Å²) in [5, 5.41) is 13.2. The molecule has 2 saturated heterocycles. The second-order valence-electron chi connectivity index (χ2n) is 7.49. The van der Waals surface area contributed by atoms with Gasteiger partial charge in [-0.2, -0.15) is 4.52 Å². The van der Waals surface area contributed by atoms with Crippen LogP contribution in [0, 0.1) is 5.92 Å². The minimum absolute atomic E-state index is 0.0924. The predicted octanol–water partition coefficient (Wildman–Crippen LogP) is 2.09. The fourth-order valence-electron chi connectivity index (χ4n) is 3.91. The first-order valence-corrected chi connectivity index (χ1v) is 9.39. The largest absolute Gasteiger partial charge is 0.354 e. The lowest BCUT2D eigenvalue weighted by Crippen LogP contribution is -2.44. The van der Waals surface area contributed by atoms with E-state index in [4.69, 9.17) is 5.10 Å². The molecular formula is C18H26N6O. The van der Waals surface area contributed by atoms with Crippen molar-refractivity contribution < 1.29 is 4.79 Å². The Bertz CT molecular complexity index is 764. The van der Waals surface area contributed by atoms with Crippen molar-refractivity contribution in [1.82, 2.24) is 24.7 Å². The number of nitrogens with zero attached hydrogens (tertiary/aromatic N) is 6. The fourth-order valence-corrected chi connectivity index (χ4v) is 3.91. The average molecular weight is 342 g/mol. The molecule has 2 aromatic rings. The van der Waals surface area contributed by atoms with Crippen molar-refractivity contribution in [2.24, 2.45) is 5.92 Å².